The van der Waals surface area contributed by atoms with E-state index in [4.69, 9.17) is 5.41 Å². The number of hydrogen-bond donors (Lipinski definition) is 2. The fraction of sp³-hybridized carbons (Fsp3) is 0.273. The van der Waals surface area contributed by atoms with Crippen LogP contribution in [0, 0.1) is 5.41 Å². The number of carbonyl (C=O) groups is 1. The SMILES string of the molecule is CNC(=O)CN1Cc2ccccc2C1=N. The maximum atomic E-state index is 11.2. The zero-order valence-corrected chi connectivity index (χ0v) is 8.58. The average Bonchev–Trinajstić information content (AvgIpc) is 2.57. The first kappa shape index (κ1) is 9.71. The molecule has 0 saturated heterocycles. The van der Waals surface area contributed by atoms with Gasteiger partial charge in [-0.15, -0.1) is 0 Å². The van der Waals surface area contributed by atoms with Crippen LogP contribution in [-0.4, -0.2) is 30.2 Å². The number of nitrogens with zero attached hydrogens (tertiary/aromatic N) is 1. The second-order valence-corrected chi connectivity index (χ2v) is 3.53. The second-order valence-electron chi connectivity index (χ2n) is 3.53. The standard InChI is InChI=1S/C11H13N3O/c1-13-10(15)7-14-6-8-4-2-3-5-9(8)11(14)12/h2-5,12H,6-7H2,1H3,(H,13,15). The molecule has 15 heavy (non-hydrogen) atoms. The number of amidine groups is 1. The van der Waals surface area contributed by atoms with Gasteiger partial charge >= 0.3 is 0 Å². The highest BCUT2D eigenvalue weighted by Crippen LogP contribution is 2.21. The number of amides is 1. The summed E-state index contributed by atoms with van der Waals surface area (Å²) >= 11 is 0. The molecule has 0 aromatic heterocycles. The van der Waals surface area contributed by atoms with Gasteiger partial charge in [-0.05, 0) is 5.56 Å². The molecule has 0 unspecified atom stereocenters. The van der Waals surface area contributed by atoms with Gasteiger partial charge in [0.2, 0.25) is 5.91 Å². The number of rotatable bonds is 2. The van der Waals surface area contributed by atoms with Crippen LogP contribution in [-0.2, 0) is 11.3 Å². The summed E-state index contributed by atoms with van der Waals surface area (Å²) in [6.07, 6.45) is 0. The summed E-state index contributed by atoms with van der Waals surface area (Å²) in [5, 5.41) is 10.5. The van der Waals surface area contributed by atoms with Crippen LogP contribution < -0.4 is 5.32 Å². The van der Waals surface area contributed by atoms with Gasteiger partial charge in [0.1, 0.15) is 5.84 Å². The molecule has 2 N–H and O–H groups in total. The quantitative estimate of drug-likeness (QED) is 0.738. The molecule has 1 aliphatic rings. The van der Waals surface area contributed by atoms with E-state index < -0.39 is 0 Å². The molecule has 0 fully saturated rings. The van der Waals surface area contributed by atoms with E-state index in [2.05, 4.69) is 5.32 Å². The lowest BCUT2D eigenvalue weighted by molar-refractivity contribution is -0.121. The molecule has 1 aliphatic heterocycles. The van der Waals surface area contributed by atoms with Gasteiger partial charge in [-0.25, -0.2) is 0 Å². The monoisotopic (exact) mass is 203 g/mol. The zero-order chi connectivity index (χ0) is 10.8. The van der Waals surface area contributed by atoms with Crippen molar-refractivity contribution in [2.75, 3.05) is 13.6 Å². The van der Waals surface area contributed by atoms with E-state index in [1.165, 1.54) is 0 Å². The van der Waals surface area contributed by atoms with E-state index in [0.29, 0.717) is 12.4 Å². The highest BCUT2D eigenvalue weighted by molar-refractivity contribution is 6.01. The van der Waals surface area contributed by atoms with Gasteiger partial charge in [-0.3, -0.25) is 10.2 Å². The van der Waals surface area contributed by atoms with Crippen LogP contribution in [0.15, 0.2) is 24.3 Å². The molecular weight excluding hydrogens is 190 g/mol. The lowest BCUT2D eigenvalue weighted by atomic mass is 10.1. The molecule has 4 heteroatoms. The topological polar surface area (TPSA) is 56.2 Å². The van der Waals surface area contributed by atoms with Crippen molar-refractivity contribution in [1.29, 1.82) is 5.41 Å². The fourth-order valence-corrected chi connectivity index (χ4v) is 1.73. The van der Waals surface area contributed by atoms with Crippen molar-refractivity contribution in [1.82, 2.24) is 10.2 Å². The third-order valence-corrected chi connectivity index (χ3v) is 2.56. The maximum Gasteiger partial charge on any atom is 0.239 e. The normalized spacial score (nSPS) is 13.9. The average molecular weight is 203 g/mol. The molecule has 0 saturated carbocycles. The van der Waals surface area contributed by atoms with Crippen LogP contribution in [0.2, 0.25) is 0 Å². The summed E-state index contributed by atoms with van der Waals surface area (Å²) in [6.45, 7) is 0.909. The third-order valence-electron chi connectivity index (χ3n) is 2.56. The Balaban J connectivity index is 2.17. The first-order valence-corrected chi connectivity index (χ1v) is 4.84. The highest BCUT2D eigenvalue weighted by Gasteiger charge is 2.24. The van der Waals surface area contributed by atoms with Crippen molar-refractivity contribution < 1.29 is 4.79 Å². The van der Waals surface area contributed by atoms with Crippen molar-refractivity contribution in [2.45, 2.75) is 6.54 Å². The van der Waals surface area contributed by atoms with Crippen LogP contribution >= 0.6 is 0 Å². The van der Waals surface area contributed by atoms with E-state index in [0.717, 1.165) is 11.1 Å². The minimum absolute atomic E-state index is 0.0624. The smallest absolute Gasteiger partial charge is 0.239 e. The van der Waals surface area contributed by atoms with Crippen molar-refractivity contribution >= 4 is 11.7 Å². The molecule has 1 aromatic carbocycles. The zero-order valence-electron chi connectivity index (χ0n) is 8.58. The molecule has 0 radical (unpaired) electrons. The Morgan fingerprint density at radius 2 is 2.27 bits per heavy atom. The number of likely N-dealkylation sites (N-methyl/N-ethyl adjacent to an activating group) is 1. The summed E-state index contributed by atoms with van der Waals surface area (Å²) in [7, 11) is 1.61. The van der Waals surface area contributed by atoms with Crippen molar-refractivity contribution in [3.8, 4) is 0 Å². The van der Waals surface area contributed by atoms with Gasteiger partial charge in [0.05, 0.1) is 6.54 Å². The number of nitrogens with one attached hydrogen (secondary N) is 2. The van der Waals surface area contributed by atoms with E-state index in [1.54, 1.807) is 11.9 Å². The maximum absolute atomic E-state index is 11.2. The van der Waals surface area contributed by atoms with Crippen molar-refractivity contribution in [3.63, 3.8) is 0 Å². The van der Waals surface area contributed by atoms with Crippen LogP contribution in [0.25, 0.3) is 0 Å². The number of benzene rings is 1. The van der Waals surface area contributed by atoms with Crippen LogP contribution in [0.5, 0.6) is 0 Å². The molecular formula is C11H13N3O. The van der Waals surface area contributed by atoms with Crippen molar-refractivity contribution in [3.05, 3.63) is 35.4 Å². The second kappa shape index (κ2) is 3.73. The molecule has 0 spiro atoms. The van der Waals surface area contributed by atoms with Crippen LogP contribution in [0.4, 0.5) is 0 Å². The van der Waals surface area contributed by atoms with E-state index in [-0.39, 0.29) is 12.5 Å². The van der Waals surface area contributed by atoms with E-state index in [9.17, 15) is 4.79 Å². The molecule has 2 rings (SSSR count). The Kier molecular flexibility index (Phi) is 2.41. The first-order chi connectivity index (χ1) is 7.22. The Morgan fingerprint density at radius 3 is 2.93 bits per heavy atom. The Bertz CT molecular complexity index is 414. The minimum Gasteiger partial charge on any atom is -0.358 e. The van der Waals surface area contributed by atoms with Gasteiger partial charge in [0, 0.05) is 19.2 Å². The predicted molar refractivity (Wildman–Crippen MR) is 57.7 cm³/mol. The summed E-state index contributed by atoms with van der Waals surface area (Å²) in [4.78, 5) is 13.0. The van der Waals surface area contributed by atoms with Gasteiger partial charge in [0.15, 0.2) is 0 Å². The lowest BCUT2D eigenvalue weighted by Gasteiger charge is -2.16. The largest absolute Gasteiger partial charge is 0.358 e. The Labute approximate surface area is 88.4 Å². The summed E-state index contributed by atoms with van der Waals surface area (Å²) < 4.78 is 0. The van der Waals surface area contributed by atoms with Gasteiger partial charge in [-0.2, -0.15) is 0 Å². The van der Waals surface area contributed by atoms with E-state index >= 15 is 0 Å². The van der Waals surface area contributed by atoms with Gasteiger partial charge in [0.25, 0.3) is 0 Å². The summed E-state index contributed by atoms with van der Waals surface area (Å²) in [6, 6.07) is 7.78. The van der Waals surface area contributed by atoms with Crippen LogP contribution in [0.3, 0.4) is 0 Å². The fourth-order valence-electron chi connectivity index (χ4n) is 1.73. The number of fused-ring (bicyclic) bond motifs is 1. The van der Waals surface area contributed by atoms with E-state index in [1.807, 2.05) is 24.3 Å². The Hall–Kier alpha value is -1.84. The summed E-state index contributed by atoms with van der Waals surface area (Å²) in [5.41, 5.74) is 2.05. The number of hydrogen-bond acceptors (Lipinski definition) is 2. The highest BCUT2D eigenvalue weighted by atomic mass is 16.1. The Morgan fingerprint density at radius 1 is 1.53 bits per heavy atom. The number of carbonyl (C=O) groups excluding carboxylic acids is 1. The molecule has 0 aliphatic carbocycles. The summed E-state index contributed by atoms with van der Waals surface area (Å²) in [5.74, 6) is 0.377. The predicted octanol–water partition coefficient (Wildman–Crippen LogP) is 0.574. The van der Waals surface area contributed by atoms with Gasteiger partial charge < -0.3 is 10.2 Å². The lowest BCUT2D eigenvalue weighted by Crippen LogP contribution is -2.35. The van der Waals surface area contributed by atoms with Crippen molar-refractivity contribution in [2.24, 2.45) is 0 Å². The first-order valence-electron chi connectivity index (χ1n) is 4.84. The molecule has 0 bridgehead atoms. The molecule has 1 aromatic rings. The molecule has 1 heterocycles. The molecule has 78 valence electrons. The molecule has 4 nitrogen and oxygen atoms in total. The minimum atomic E-state index is -0.0624. The van der Waals surface area contributed by atoms with Gasteiger partial charge in [-0.1, -0.05) is 24.3 Å². The third kappa shape index (κ3) is 1.70. The molecule has 0 atom stereocenters. The molecule has 1 amide bonds. The van der Waals surface area contributed by atoms with Crippen LogP contribution in [0.1, 0.15) is 11.1 Å².